The van der Waals surface area contributed by atoms with Crippen LogP contribution in [0.1, 0.15) is 19.4 Å². The molecule has 0 radical (unpaired) electrons. The zero-order valence-corrected chi connectivity index (χ0v) is 13.2. The summed E-state index contributed by atoms with van der Waals surface area (Å²) in [4.78, 5) is 23.1. The second-order valence-electron chi connectivity index (χ2n) is 4.68. The van der Waals surface area contributed by atoms with Crippen LogP contribution in [0.4, 0.5) is 5.69 Å². The molecule has 0 fully saturated rings. The van der Waals surface area contributed by atoms with Crippen molar-refractivity contribution in [2.24, 2.45) is 0 Å². The van der Waals surface area contributed by atoms with Crippen molar-refractivity contribution in [2.45, 2.75) is 20.8 Å². The van der Waals surface area contributed by atoms with Gasteiger partial charge in [-0.05, 0) is 32.4 Å². The maximum Gasteiger partial charge on any atom is 0.331 e. The number of methoxy groups -OCH3 is 1. The third-order valence-corrected chi connectivity index (χ3v) is 2.91. The topological polar surface area (TPSA) is 64.6 Å². The summed E-state index contributed by atoms with van der Waals surface area (Å²) in [5.41, 5.74) is 2.08. The number of nitrogens with one attached hydrogen (secondary N) is 1. The monoisotopic (exact) mass is 311 g/mol. The fraction of sp³-hybridized carbons (Fsp3) is 0.333. The number of carbonyl (C=O) groups excluding carboxylic acids is 2. The number of carbonyl (C=O) groups is 2. The molecule has 1 rings (SSSR count). The van der Waals surface area contributed by atoms with E-state index in [1.807, 2.05) is 6.92 Å². The minimum atomic E-state index is -0.551. The largest absolute Gasteiger partial charge is 0.495 e. The highest BCUT2D eigenvalue weighted by atomic mass is 35.5. The van der Waals surface area contributed by atoms with Gasteiger partial charge < -0.3 is 14.8 Å². The summed E-state index contributed by atoms with van der Waals surface area (Å²) in [6.07, 6.45) is 1.32. The van der Waals surface area contributed by atoms with Crippen LogP contribution in [0.25, 0.3) is 0 Å². The number of esters is 1. The number of aryl methyl sites for hydroxylation is 1. The van der Waals surface area contributed by atoms with Gasteiger partial charge in [0, 0.05) is 17.2 Å². The van der Waals surface area contributed by atoms with Crippen molar-refractivity contribution >= 4 is 29.2 Å². The molecule has 5 nitrogen and oxygen atoms in total. The molecule has 0 aromatic heterocycles. The number of anilines is 1. The van der Waals surface area contributed by atoms with Crippen molar-refractivity contribution in [3.63, 3.8) is 0 Å². The van der Waals surface area contributed by atoms with Crippen molar-refractivity contribution in [1.82, 2.24) is 0 Å². The predicted molar refractivity (Wildman–Crippen MR) is 81.8 cm³/mol. The molecule has 0 unspecified atom stereocenters. The van der Waals surface area contributed by atoms with E-state index >= 15 is 0 Å². The van der Waals surface area contributed by atoms with Gasteiger partial charge in [-0.25, -0.2) is 4.79 Å². The molecule has 0 saturated heterocycles. The minimum absolute atomic E-state index is 0.368. The van der Waals surface area contributed by atoms with Crippen LogP contribution in [-0.4, -0.2) is 25.6 Å². The van der Waals surface area contributed by atoms with Gasteiger partial charge in [0.25, 0.3) is 5.91 Å². The van der Waals surface area contributed by atoms with Crippen LogP contribution in [0.5, 0.6) is 5.75 Å². The Labute approximate surface area is 128 Å². The average Bonchev–Trinajstić information content (AvgIpc) is 2.39. The van der Waals surface area contributed by atoms with Crippen LogP contribution in [-0.2, 0) is 14.3 Å². The summed E-state index contributed by atoms with van der Waals surface area (Å²) in [6, 6.07) is 3.30. The SMILES string of the molecule is COc1cc(Cl)c(C)cc1NC(=O)COC(=O)C=C(C)C. The second-order valence-corrected chi connectivity index (χ2v) is 5.09. The van der Waals surface area contributed by atoms with Gasteiger partial charge in [-0.3, -0.25) is 4.79 Å². The zero-order chi connectivity index (χ0) is 16.0. The second kappa shape index (κ2) is 7.69. The molecule has 0 aliphatic heterocycles. The third-order valence-electron chi connectivity index (χ3n) is 2.51. The first-order valence-corrected chi connectivity index (χ1v) is 6.67. The van der Waals surface area contributed by atoms with Gasteiger partial charge in [-0.15, -0.1) is 0 Å². The van der Waals surface area contributed by atoms with Crippen LogP contribution in [0.3, 0.4) is 0 Å². The lowest BCUT2D eigenvalue weighted by Crippen LogP contribution is -2.20. The standard InChI is InChI=1S/C15H18ClNO4/c1-9(2)5-15(19)21-8-14(18)17-12-6-10(3)11(16)7-13(12)20-4/h5-7H,8H2,1-4H3,(H,17,18). The normalized spacial score (nSPS) is 9.76. The molecule has 21 heavy (non-hydrogen) atoms. The highest BCUT2D eigenvalue weighted by Gasteiger charge is 2.11. The maximum atomic E-state index is 11.8. The highest BCUT2D eigenvalue weighted by molar-refractivity contribution is 6.31. The molecule has 1 aromatic rings. The molecule has 0 saturated carbocycles. The van der Waals surface area contributed by atoms with E-state index < -0.39 is 11.9 Å². The first-order valence-electron chi connectivity index (χ1n) is 6.29. The van der Waals surface area contributed by atoms with Crippen LogP contribution in [0.15, 0.2) is 23.8 Å². The Kier molecular flexibility index (Phi) is 6.24. The number of amides is 1. The fourth-order valence-electron chi connectivity index (χ4n) is 1.53. The highest BCUT2D eigenvalue weighted by Crippen LogP contribution is 2.30. The Bertz CT molecular complexity index is 577. The molecular weight excluding hydrogens is 294 g/mol. The van der Waals surface area contributed by atoms with E-state index in [0.717, 1.165) is 11.1 Å². The molecule has 0 spiro atoms. The van der Waals surface area contributed by atoms with Gasteiger partial charge in [0.1, 0.15) is 5.75 Å². The average molecular weight is 312 g/mol. The van der Waals surface area contributed by atoms with E-state index in [4.69, 9.17) is 21.1 Å². The molecule has 0 heterocycles. The summed E-state index contributed by atoms with van der Waals surface area (Å²) in [7, 11) is 1.48. The molecule has 1 aromatic carbocycles. The maximum absolute atomic E-state index is 11.8. The predicted octanol–water partition coefficient (Wildman–Crippen LogP) is 3.10. The number of hydrogen-bond donors (Lipinski definition) is 1. The lowest BCUT2D eigenvalue weighted by Gasteiger charge is -2.12. The van der Waals surface area contributed by atoms with Crippen LogP contribution < -0.4 is 10.1 Å². The Morgan fingerprint density at radius 3 is 2.57 bits per heavy atom. The number of hydrogen-bond acceptors (Lipinski definition) is 4. The molecular formula is C15H18ClNO4. The Morgan fingerprint density at radius 1 is 1.33 bits per heavy atom. The van der Waals surface area contributed by atoms with Crippen molar-refractivity contribution in [1.29, 1.82) is 0 Å². The van der Waals surface area contributed by atoms with E-state index in [1.54, 1.807) is 26.0 Å². The summed E-state index contributed by atoms with van der Waals surface area (Å²) in [5.74, 6) is -0.565. The van der Waals surface area contributed by atoms with Gasteiger partial charge >= 0.3 is 5.97 Å². The Morgan fingerprint density at radius 2 is 2.00 bits per heavy atom. The molecule has 6 heteroatoms. The number of ether oxygens (including phenoxy) is 2. The first-order chi connectivity index (χ1) is 9.83. The molecule has 1 N–H and O–H groups in total. The Hall–Kier alpha value is -2.01. The fourth-order valence-corrected chi connectivity index (χ4v) is 1.68. The third kappa shape index (κ3) is 5.47. The van der Waals surface area contributed by atoms with E-state index in [-0.39, 0.29) is 6.61 Å². The van der Waals surface area contributed by atoms with Gasteiger partial charge in [0.2, 0.25) is 0 Å². The van der Waals surface area contributed by atoms with E-state index in [1.165, 1.54) is 13.2 Å². The number of halogens is 1. The summed E-state index contributed by atoms with van der Waals surface area (Å²) >= 11 is 5.98. The molecule has 1 amide bonds. The summed E-state index contributed by atoms with van der Waals surface area (Å²) in [6.45, 7) is 4.98. The number of benzene rings is 1. The lowest BCUT2D eigenvalue weighted by molar-refractivity contribution is -0.142. The van der Waals surface area contributed by atoms with Crippen LogP contribution in [0, 0.1) is 6.92 Å². The molecule has 0 bridgehead atoms. The first kappa shape index (κ1) is 17.0. The number of rotatable bonds is 5. The Balaban J connectivity index is 2.69. The molecule has 0 aliphatic rings. The van der Waals surface area contributed by atoms with Crippen molar-refractivity contribution in [3.05, 3.63) is 34.4 Å². The van der Waals surface area contributed by atoms with E-state index in [2.05, 4.69) is 5.32 Å². The van der Waals surface area contributed by atoms with Crippen molar-refractivity contribution in [2.75, 3.05) is 19.0 Å². The lowest BCUT2D eigenvalue weighted by atomic mass is 10.2. The van der Waals surface area contributed by atoms with Crippen molar-refractivity contribution in [3.8, 4) is 5.75 Å². The van der Waals surface area contributed by atoms with Gasteiger partial charge in [0.15, 0.2) is 6.61 Å². The van der Waals surface area contributed by atoms with Gasteiger partial charge in [0.05, 0.1) is 12.8 Å². The van der Waals surface area contributed by atoms with Gasteiger partial charge in [-0.1, -0.05) is 17.2 Å². The van der Waals surface area contributed by atoms with Crippen LogP contribution >= 0.6 is 11.6 Å². The molecule has 114 valence electrons. The smallest absolute Gasteiger partial charge is 0.331 e. The van der Waals surface area contributed by atoms with E-state index in [9.17, 15) is 9.59 Å². The summed E-state index contributed by atoms with van der Waals surface area (Å²) < 4.78 is 9.96. The quantitative estimate of drug-likeness (QED) is 0.670. The minimum Gasteiger partial charge on any atom is -0.495 e. The van der Waals surface area contributed by atoms with Crippen molar-refractivity contribution < 1.29 is 19.1 Å². The van der Waals surface area contributed by atoms with E-state index in [0.29, 0.717) is 16.5 Å². The number of allylic oxidation sites excluding steroid dienone is 1. The zero-order valence-electron chi connectivity index (χ0n) is 12.5. The molecule has 0 aliphatic carbocycles. The van der Waals surface area contributed by atoms with Gasteiger partial charge in [-0.2, -0.15) is 0 Å². The van der Waals surface area contributed by atoms with Crippen LogP contribution in [0.2, 0.25) is 5.02 Å². The summed E-state index contributed by atoms with van der Waals surface area (Å²) in [5, 5.41) is 3.16. The molecule has 0 atom stereocenters.